The van der Waals surface area contributed by atoms with Crippen LogP contribution in [0.2, 0.25) is 0 Å². The van der Waals surface area contributed by atoms with Gasteiger partial charge in [0.15, 0.2) is 0 Å². The summed E-state index contributed by atoms with van der Waals surface area (Å²) in [5, 5.41) is 2.69. The summed E-state index contributed by atoms with van der Waals surface area (Å²) < 4.78 is 5.00. The highest BCUT2D eigenvalue weighted by Gasteiger charge is 2.39. The molecule has 96 valence electrons. The summed E-state index contributed by atoms with van der Waals surface area (Å²) in [5.41, 5.74) is 2.13. The molecule has 1 aliphatic rings. The Labute approximate surface area is 106 Å². The van der Waals surface area contributed by atoms with E-state index in [2.05, 4.69) is 5.32 Å². The fraction of sp³-hybridized carbons (Fsp3) is 0.429. The van der Waals surface area contributed by atoms with Crippen molar-refractivity contribution in [3.8, 4) is 0 Å². The lowest BCUT2D eigenvalue weighted by molar-refractivity contribution is -0.146. The second-order valence-corrected chi connectivity index (χ2v) is 4.52. The van der Waals surface area contributed by atoms with Gasteiger partial charge in [-0.15, -0.1) is 0 Å². The number of nitrogens with one attached hydrogen (secondary N) is 1. The summed E-state index contributed by atoms with van der Waals surface area (Å²) in [6.45, 7) is 4.08. The molecule has 1 aliphatic heterocycles. The zero-order valence-electron chi connectivity index (χ0n) is 10.6. The van der Waals surface area contributed by atoms with Crippen molar-refractivity contribution in [1.82, 2.24) is 5.32 Å². The fourth-order valence-electron chi connectivity index (χ4n) is 2.32. The van der Waals surface area contributed by atoms with E-state index in [0.29, 0.717) is 13.0 Å². The summed E-state index contributed by atoms with van der Waals surface area (Å²) in [6.07, 6.45) is 0.340. The van der Waals surface area contributed by atoms with E-state index in [1.165, 1.54) is 0 Å². The van der Waals surface area contributed by atoms with Crippen LogP contribution in [0.25, 0.3) is 0 Å². The Balaban J connectivity index is 2.24. The smallest absolute Gasteiger partial charge is 0.329 e. The highest BCUT2D eigenvalue weighted by Crippen LogP contribution is 2.29. The highest BCUT2D eigenvalue weighted by atomic mass is 16.5. The first-order chi connectivity index (χ1) is 8.61. The van der Waals surface area contributed by atoms with Crippen LogP contribution in [-0.2, 0) is 14.3 Å². The monoisotopic (exact) mass is 247 g/mol. The van der Waals surface area contributed by atoms with Gasteiger partial charge in [0.05, 0.1) is 6.61 Å². The second-order valence-electron chi connectivity index (χ2n) is 4.52. The Kier molecular flexibility index (Phi) is 3.65. The van der Waals surface area contributed by atoms with Crippen LogP contribution in [-0.4, -0.2) is 24.5 Å². The molecule has 0 spiro atoms. The first-order valence-electron chi connectivity index (χ1n) is 6.14. The van der Waals surface area contributed by atoms with Crippen LogP contribution in [0, 0.1) is 6.92 Å². The number of ether oxygens (including phenoxy) is 1. The third-order valence-corrected chi connectivity index (χ3v) is 3.13. The van der Waals surface area contributed by atoms with E-state index < -0.39 is 6.04 Å². The minimum Gasteiger partial charge on any atom is -0.464 e. The average Bonchev–Trinajstić information content (AvgIpc) is 2.72. The summed E-state index contributed by atoms with van der Waals surface area (Å²) in [4.78, 5) is 23.3. The molecule has 1 N–H and O–H groups in total. The minimum absolute atomic E-state index is 0.0976. The second kappa shape index (κ2) is 5.21. The van der Waals surface area contributed by atoms with Gasteiger partial charge in [-0.25, -0.2) is 4.79 Å². The van der Waals surface area contributed by atoms with Gasteiger partial charge in [-0.3, -0.25) is 4.79 Å². The van der Waals surface area contributed by atoms with Crippen molar-refractivity contribution >= 4 is 11.9 Å². The van der Waals surface area contributed by atoms with E-state index in [-0.39, 0.29) is 17.8 Å². The van der Waals surface area contributed by atoms with E-state index in [1.807, 2.05) is 31.2 Å². The number of rotatable bonds is 3. The van der Waals surface area contributed by atoms with Crippen LogP contribution < -0.4 is 5.32 Å². The molecule has 2 atom stereocenters. The molecule has 1 saturated heterocycles. The Hall–Kier alpha value is -1.84. The first kappa shape index (κ1) is 12.6. The van der Waals surface area contributed by atoms with Crippen molar-refractivity contribution in [2.45, 2.75) is 32.2 Å². The van der Waals surface area contributed by atoms with E-state index in [1.54, 1.807) is 6.92 Å². The van der Waals surface area contributed by atoms with Gasteiger partial charge in [0, 0.05) is 12.3 Å². The number of esters is 1. The topological polar surface area (TPSA) is 55.4 Å². The molecule has 4 nitrogen and oxygen atoms in total. The molecule has 18 heavy (non-hydrogen) atoms. The molecule has 1 amide bonds. The standard InChI is InChI=1S/C14H17NO3/c1-3-18-14(17)13-11(8-12(16)15-13)10-6-4-5-9(2)7-10/h4-7,11,13H,3,8H2,1-2H3,(H,15,16). The lowest BCUT2D eigenvalue weighted by Crippen LogP contribution is -2.37. The van der Waals surface area contributed by atoms with Crippen LogP contribution in [0.4, 0.5) is 0 Å². The van der Waals surface area contributed by atoms with Crippen LogP contribution in [0.3, 0.4) is 0 Å². The Morgan fingerprint density at radius 1 is 1.50 bits per heavy atom. The molecule has 2 unspecified atom stereocenters. The van der Waals surface area contributed by atoms with Crippen molar-refractivity contribution in [2.75, 3.05) is 6.61 Å². The SMILES string of the molecule is CCOC(=O)C1NC(=O)CC1c1cccc(C)c1. The van der Waals surface area contributed by atoms with Gasteiger partial charge >= 0.3 is 5.97 Å². The average molecular weight is 247 g/mol. The number of carbonyl (C=O) groups is 2. The zero-order chi connectivity index (χ0) is 13.1. The lowest BCUT2D eigenvalue weighted by Gasteiger charge is -2.17. The maximum Gasteiger partial charge on any atom is 0.329 e. The summed E-state index contributed by atoms with van der Waals surface area (Å²) in [6, 6.07) is 7.34. The largest absolute Gasteiger partial charge is 0.464 e. The Morgan fingerprint density at radius 3 is 2.94 bits per heavy atom. The van der Waals surface area contributed by atoms with Gasteiger partial charge in [-0.1, -0.05) is 29.8 Å². The molecular formula is C14H17NO3. The number of carbonyl (C=O) groups excluding carboxylic acids is 2. The maximum absolute atomic E-state index is 11.8. The van der Waals surface area contributed by atoms with Gasteiger partial charge < -0.3 is 10.1 Å². The normalized spacial score (nSPS) is 22.7. The van der Waals surface area contributed by atoms with Gasteiger partial charge in [0.2, 0.25) is 5.91 Å². The molecule has 1 aromatic rings. The summed E-state index contributed by atoms with van der Waals surface area (Å²) in [7, 11) is 0. The molecule has 0 bridgehead atoms. The third-order valence-electron chi connectivity index (χ3n) is 3.13. The van der Waals surface area contributed by atoms with Crippen LogP contribution in [0.1, 0.15) is 30.4 Å². The number of hydrogen-bond donors (Lipinski definition) is 1. The molecule has 1 heterocycles. The van der Waals surface area contributed by atoms with Crippen LogP contribution >= 0.6 is 0 Å². The van der Waals surface area contributed by atoms with Crippen molar-refractivity contribution in [3.63, 3.8) is 0 Å². The van der Waals surface area contributed by atoms with Gasteiger partial charge in [-0.2, -0.15) is 0 Å². The molecule has 1 aromatic carbocycles. The molecule has 0 aromatic heterocycles. The summed E-state index contributed by atoms with van der Waals surface area (Å²) in [5.74, 6) is -0.578. The Morgan fingerprint density at radius 2 is 2.28 bits per heavy atom. The molecule has 1 fully saturated rings. The molecule has 0 aliphatic carbocycles. The van der Waals surface area contributed by atoms with Crippen LogP contribution in [0.5, 0.6) is 0 Å². The quantitative estimate of drug-likeness (QED) is 0.824. The number of amides is 1. The van der Waals surface area contributed by atoms with Crippen molar-refractivity contribution < 1.29 is 14.3 Å². The minimum atomic E-state index is -0.556. The van der Waals surface area contributed by atoms with Gasteiger partial charge in [0.1, 0.15) is 6.04 Å². The predicted octanol–water partition coefficient (Wildman–Crippen LogP) is 1.53. The van der Waals surface area contributed by atoms with E-state index in [0.717, 1.165) is 11.1 Å². The Bertz CT molecular complexity index is 470. The van der Waals surface area contributed by atoms with Gasteiger partial charge in [-0.05, 0) is 19.4 Å². The summed E-state index contributed by atoms with van der Waals surface area (Å²) >= 11 is 0. The third kappa shape index (κ3) is 2.53. The van der Waals surface area contributed by atoms with Crippen molar-refractivity contribution in [3.05, 3.63) is 35.4 Å². The zero-order valence-corrected chi connectivity index (χ0v) is 10.6. The molecular weight excluding hydrogens is 230 g/mol. The van der Waals surface area contributed by atoms with E-state index in [9.17, 15) is 9.59 Å². The number of hydrogen-bond acceptors (Lipinski definition) is 3. The highest BCUT2D eigenvalue weighted by molar-refractivity contribution is 5.90. The van der Waals surface area contributed by atoms with Crippen molar-refractivity contribution in [2.24, 2.45) is 0 Å². The van der Waals surface area contributed by atoms with Gasteiger partial charge in [0.25, 0.3) is 0 Å². The number of benzene rings is 1. The number of aryl methyl sites for hydroxylation is 1. The van der Waals surface area contributed by atoms with E-state index in [4.69, 9.17) is 4.74 Å². The molecule has 4 heteroatoms. The lowest BCUT2D eigenvalue weighted by atomic mass is 9.91. The molecule has 2 rings (SSSR count). The molecule has 0 radical (unpaired) electrons. The van der Waals surface area contributed by atoms with E-state index >= 15 is 0 Å². The molecule has 0 saturated carbocycles. The van der Waals surface area contributed by atoms with Crippen LogP contribution in [0.15, 0.2) is 24.3 Å². The maximum atomic E-state index is 11.8. The predicted molar refractivity (Wildman–Crippen MR) is 67.1 cm³/mol. The first-order valence-corrected chi connectivity index (χ1v) is 6.14. The van der Waals surface area contributed by atoms with Crippen molar-refractivity contribution in [1.29, 1.82) is 0 Å². The fourth-order valence-corrected chi connectivity index (χ4v) is 2.32.